The van der Waals surface area contributed by atoms with Gasteiger partial charge in [0.2, 0.25) is 11.8 Å². The van der Waals surface area contributed by atoms with Crippen molar-refractivity contribution < 1.29 is 9.59 Å². The number of aryl methyl sites for hydroxylation is 1. The van der Waals surface area contributed by atoms with Crippen LogP contribution in [0.2, 0.25) is 0 Å². The van der Waals surface area contributed by atoms with Gasteiger partial charge in [0.05, 0.1) is 6.04 Å². The van der Waals surface area contributed by atoms with Gasteiger partial charge in [0.15, 0.2) is 5.16 Å². The van der Waals surface area contributed by atoms with E-state index in [2.05, 4.69) is 4.98 Å². The van der Waals surface area contributed by atoms with E-state index in [0.717, 1.165) is 0 Å². The Bertz CT molecular complexity index is 694. The van der Waals surface area contributed by atoms with Gasteiger partial charge in [-0.2, -0.15) is 0 Å². The Morgan fingerprint density at radius 1 is 1.26 bits per heavy atom. The molecule has 8 heteroatoms. The normalized spacial score (nSPS) is 20.5. The van der Waals surface area contributed by atoms with Crippen molar-refractivity contribution in [1.82, 2.24) is 19.4 Å². The van der Waals surface area contributed by atoms with Crippen LogP contribution in [-0.4, -0.2) is 63.1 Å². The lowest BCUT2D eigenvalue weighted by Crippen LogP contribution is -2.50. The summed E-state index contributed by atoms with van der Waals surface area (Å²) < 4.78 is 1.64. The van der Waals surface area contributed by atoms with Crippen molar-refractivity contribution in [3.63, 3.8) is 0 Å². The second-order valence-electron chi connectivity index (χ2n) is 5.94. The van der Waals surface area contributed by atoms with E-state index in [1.54, 1.807) is 28.2 Å². The zero-order chi connectivity index (χ0) is 16.6. The molecular formula is C15H20N4O3S. The molecule has 23 heavy (non-hydrogen) atoms. The lowest BCUT2D eigenvalue weighted by atomic mass is 10.2. The van der Waals surface area contributed by atoms with Gasteiger partial charge in [0.1, 0.15) is 0 Å². The molecule has 7 nitrogen and oxygen atoms in total. The van der Waals surface area contributed by atoms with Gasteiger partial charge >= 0.3 is 0 Å². The molecule has 1 atom stereocenters. The van der Waals surface area contributed by atoms with E-state index in [1.807, 2.05) is 0 Å². The smallest absolute Gasteiger partial charge is 0.254 e. The van der Waals surface area contributed by atoms with E-state index in [1.165, 1.54) is 17.8 Å². The molecule has 1 fully saturated rings. The molecule has 1 aromatic heterocycles. The highest BCUT2D eigenvalue weighted by Gasteiger charge is 2.30. The maximum Gasteiger partial charge on any atom is 0.254 e. The van der Waals surface area contributed by atoms with Crippen LogP contribution in [0.3, 0.4) is 0 Å². The van der Waals surface area contributed by atoms with Crippen LogP contribution in [-0.2, 0) is 9.59 Å². The van der Waals surface area contributed by atoms with Crippen LogP contribution < -0.4 is 5.56 Å². The van der Waals surface area contributed by atoms with Crippen LogP contribution in [0.5, 0.6) is 0 Å². The maximum atomic E-state index is 12.5. The predicted molar refractivity (Wildman–Crippen MR) is 86.4 cm³/mol. The summed E-state index contributed by atoms with van der Waals surface area (Å²) in [5.74, 6) is 0.788. The Kier molecular flexibility index (Phi) is 4.43. The minimum atomic E-state index is -0.131. The number of hydrogen-bond donors (Lipinski definition) is 0. The summed E-state index contributed by atoms with van der Waals surface area (Å²) >= 11 is 1.53. The molecular weight excluding hydrogens is 316 g/mol. The average molecular weight is 336 g/mol. The Morgan fingerprint density at radius 3 is 2.57 bits per heavy atom. The fourth-order valence-electron chi connectivity index (χ4n) is 3.01. The summed E-state index contributed by atoms with van der Waals surface area (Å²) in [6.07, 6.45) is 0.310. The third-order valence-corrected chi connectivity index (χ3v) is 5.40. The number of carbonyl (C=O) groups excluding carboxylic acids is 2. The average Bonchev–Trinajstić information content (AvgIpc) is 2.90. The van der Waals surface area contributed by atoms with Crippen molar-refractivity contribution in [1.29, 1.82) is 0 Å². The number of piperazine rings is 1. The summed E-state index contributed by atoms with van der Waals surface area (Å²) in [4.78, 5) is 43.9. The molecule has 2 amide bonds. The summed E-state index contributed by atoms with van der Waals surface area (Å²) in [5.41, 5.74) is 0.623. The molecule has 1 aromatic rings. The Morgan fingerprint density at radius 2 is 1.91 bits per heavy atom. The van der Waals surface area contributed by atoms with E-state index >= 15 is 0 Å². The molecule has 124 valence electrons. The van der Waals surface area contributed by atoms with Crippen LogP contribution in [0.25, 0.3) is 0 Å². The number of aromatic nitrogens is 2. The van der Waals surface area contributed by atoms with Crippen molar-refractivity contribution in [2.75, 3.05) is 31.9 Å². The molecule has 0 aliphatic carbocycles. The van der Waals surface area contributed by atoms with Gasteiger partial charge in [-0.05, 0) is 6.92 Å². The monoisotopic (exact) mass is 336 g/mol. The number of carbonyl (C=O) groups is 2. The molecule has 0 spiro atoms. The van der Waals surface area contributed by atoms with Gasteiger partial charge in [0.25, 0.3) is 5.56 Å². The third kappa shape index (κ3) is 3.26. The number of nitrogens with zero attached hydrogens (tertiary/aromatic N) is 4. The fourth-order valence-corrected chi connectivity index (χ4v) is 4.21. The molecule has 1 unspecified atom stereocenters. The van der Waals surface area contributed by atoms with Gasteiger partial charge in [-0.1, -0.05) is 11.8 Å². The third-order valence-electron chi connectivity index (χ3n) is 4.31. The first-order valence-electron chi connectivity index (χ1n) is 7.72. The predicted octanol–water partition coefficient (Wildman–Crippen LogP) is 0.279. The molecule has 2 aliphatic heterocycles. The molecule has 0 aromatic carbocycles. The lowest BCUT2D eigenvalue weighted by molar-refractivity contribution is -0.138. The standard InChI is InChI=1S/C15H20N4O3S/c1-10-7-14(22)19-12(9-23-15(19)16-10)8-13(21)18-5-3-17(4-6-18)11(2)20/h7,12H,3-6,8-9H2,1-2H3. The van der Waals surface area contributed by atoms with E-state index in [-0.39, 0.29) is 23.4 Å². The summed E-state index contributed by atoms with van der Waals surface area (Å²) in [6.45, 7) is 5.63. The van der Waals surface area contributed by atoms with Crippen LogP contribution in [0.4, 0.5) is 0 Å². The number of rotatable bonds is 2. The first-order valence-corrected chi connectivity index (χ1v) is 8.70. The quantitative estimate of drug-likeness (QED) is 0.725. The van der Waals surface area contributed by atoms with Crippen LogP contribution in [0.1, 0.15) is 25.1 Å². The fraction of sp³-hybridized carbons (Fsp3) is 0.600. The molecule has 0 radical (unpaired) electrons. The zero-order valence-corrected chi connectivity index (χ0v) is 14.1. The molecule has 3 heterocycles. The first kappa shape index (κ1) is 16.0. The van der Waals surface area contributed by atoms with E-state index < -0.39 is 0 Å². The minimum Gasteiger partial charge on any atom is -0.339 e. The van der Waals surface area contributed by atoms with Gasteiger partial charge in [-0.3, -0.25) is 19.0 Å². The molecule has 0 saturated carbocycles. The Balaban J connectivity index is 1.65. The summed E-state index contributed by atoms with van der Waals surface area (Å²) in [6, 6.07) is 1.38. The summed E-state index contributed by atoms with van der Waals surface area (Å²) in [5, 5.41) is 0.703. The Labute approximate surface area is 138 Å². The van der Waals surface area contributed by atoms with E-state index in [4.69, 9.17) is 0 Å². The number of hydrogen-bond acceptors (Lipinski definition) is 5. The highest BCUT2D eigenvalue weighted by Crippen LogP contribution is 2.32. The van der Waals surface area contributed by atoms with E-state index in [9.17, 15) is 14.4 Å². The van der Waals surface area contributed by atoms with Crippen molar-refractivity contribution in [2.24, 2.45) is 0 Å². The van der Waals surface area contributed by atoms with Crippen LogP contribution in [0, 0.1) is 6.92 Å². The number of amides is 2. The maximum absolute atomic E-state index is 12.5. The molecule has 0 N–H and O–H groups in total. The highest BCUT2D eigenvalue weighted by atomic mass is 32.2. The molecule has 0 bridgehead atoms. The summed E-state index contributed by atoms with van der Waals surface area (Å²) in [7, 11) is 0. The molecule has 1 saturated heterocycles. The second kappa shape index (κ2) is 6.35. The topological polar surface area (TPSA) is 75.5 Å². The SMILES string of the molecule is CC(=O)N1CCN(C(=O)CC2CSc3nc(C)cc(=O)n32)CC1. The number of fused-ring (bicyclic) bond motifs is 1. The number of thioether (sulfide) groups is 1. The van der Waals surface area contributed by atoms with Crippen molar-refractivity contribution >= 4 is 23.6 Å². The molecule has 2 aliphatic rings. The van der Waals surface area contributed by atoms with Gasteiger partial charge in [0, 0.05) is 57.0 Å². The lowest BCUT2D eigenvalue weighted by Gasteiger charge is -2.34. The van der Waals surface area contributed by atoms with Gasteiger partial charge in [-0.25, -0.2) is 4.98 Å². The first-order chi connectivity index (χ1) is 11.0. The second-order valence-corrected chi connectivity index (χ2v) is 6.93. The minimum absolute atomic E-state index is 0.0409. The Hall–Kier alpha value is -1.83. The van der Waals surface area contributed by atoms with Crippen LogP contribution >= 0.6 is 11.8 Å². The largest absolute Gasteiger partial charge is 0.339 e. The van der Waals surface area contributed by atoms with Crippen LogP contribution in [0.15, 0.2) is 16.0 Å². The molecule has 3 rings (SSSR count). The zero-order valence-electron chi connectivity index (χ0n) is 13.3. The van der Waals surface area contributed by atoms with Crippen molar-refractivity contribution in [3.05, 3.63) is 22.1 Å². The van der Waals surface area contributed by atoms with Gasteiger partial charge in [-0.15, -0.1) is 0 Å². The highest BCUT2D eigenvalue weighted by molar-refractivity contribution is 7.99. The van der Waals surface area contributed by atoms with Crippen molar-refractivity contribution in [2.45, 2.75) is 31.5 Å². The van der Waals surface area contributed by atoms with Gasteiger partial charge < -0.3 is 9.80 Å². The van der Waals surface area contributed by atoms with E-state index in [0.29, 0.717) is 49.2 Å². The van der Waals surface area contributed by atoms with Crippen molar-refractivity contribution in [3.8, 4) is 0 Å².